The number of fused-ring (bicyclic) bond motifs is 2. The minimum Gasteiger partial charge on any atom is -0.341 e. The highest BCUT2D eigenvalue weighted by atomic mass is 15.2. The van der Waals surface area contributed by atoms with Gasteiger partial charge in [0.1, 0.15) is 11.6 Å². The molecule has 0 amide bonds. The molecule has 0 bridgehead atoms. The molecule has 2 aliphatic carbocycles. The van der Waals surface area contributed by atoms with Gasteiger partial charge in [0.25, 0.3) is 0 Å². The highest BCUT2D eigenvalue weighted by molar-refractivity contribution is 5.78. The first-order valence-corrected chi connectivity index (χ1v) is 16.7. The van der Waals surface area contributed by atoms with Crippen molar-refractivity contribution in [2.24, 2.45) is 11.8 Å². The lowest BCUT2D eigenvalue weighted by molar-refractivity contribution is 0.211. The summed E-state index contributed by atoms with van der Waals surface area (Å²) in [6, 6.07) is 13.7. The quantitative estimate of drug-likeness (QED) is 0.240. The van der Waals surface area contributed by atoms with Crippen LogP contribution < -0.4 is 0 Å². The number of likely N-dealkylation sites (tertiary alicyclic amines) is 2. The van der Waals surface area contributed by atoms with Crippen LogP contribution in [0.1, 0.15) is 112 Å². The predicted molar refractivity (Wildman–Crippen MR) is 169 cm³/mol. The third-order valence-electron chi connectivity index (χ3n) is 10.6. The van der Waals surface area contributed by atoms with Crippen molar-refractivity contribution in [2.45, 2.75) is 89.1 Å². The number of nitrogens with one attached hydrogen (secondary N) is 2. The van der Waals surface area contributed by atoms with Crippen molar-refractivity contribution in [3.05, 3.63) is 59.2 Å². The zero-order valence-corrected chi connectivity index (χ0v) is 24.9. The number of hydrogen-bond donors (Lipinski definition) is 2. The van der Waals surface area contributed by atoms with E-state index in [1.807, 2.05) is 0 Å². The Morgan fingerprint density at radius 2 is 1.05 bits per heavy atom. The van der Waals surface area contributed by atoms with E-state index in [2.05, 4.69) is 68.0 Å². The number of aromatic nitrogens is 4. The zero-order valence-electron chi connectivity index (χ0n) is 24.9. The van der Waals surface area contributed by atoms with Crippen LogP contribution in [0.3, 0.4) is 0 Å². The van der Waals surface area contributed by atoms with Crippen molar-refractivity contribution in [2.75, 3.05) is 26.2 Å². The molecule has 4 aliphatic rings. The smallest absolute Gasteiger partial charge is 0.124 e. The van der Waals surface area contributed by atoms with Crippen molar-refractivity contribution in [3.8, 4) is 11.8 Å². The number of hydrogen-bond acceptors (Lipinski definition) is 4. The molecule has 4 aromatic rings. The highest BCUT2D eigenvalue weighted by Gasteiger charge is 2.32. The van der Waals surface area contributed by atoms with Gasteiger partial charge in [-0.25, -0.2) is 9.97 Å². The van der Waals surface area contributed by atoms with Crippen LogP contribution in [0, 0.1) is 23.7 Å². The maximum absolute atomic E-state index is 5.02. The Bertz CT molecular complexity index is 1490. The van der Waals surface area contributed by atoms with Crippen molar-refractivity contribution in [1.82, 2.24) is 29.7 Å². The van der Waals surface area contributed by atoms with Crippen molar-refractivity contribution in [3.63, 3.8) is 0 Å². The average molecular weight is 561 g/mol. The molecule has 6 heteroatoms. The molecule has 2 aromatic heterocycles. The summed E-state index contributed by atoms with van der Waals surface area (Å²) in [7, 11) is 0. The molecule has 2 aliphatic heterocycles. The van der Waals surface area contributed by atoms with Gasteiger partial charge >= 0.3 is 0 Å². The summed E-state index contributed by atoms with van der Waals surface area (Å²) in [6.45, 7) is 4.88. The van der Waals surface area contributed by atoms with Gasteiger partial charge in [-0.2, -0.15) is 0 Å². The number of rotatable bonds is 6. The van der Waals surface area contributed by atoms with Crippen LogP contribution in [0.15, 0.2) is 36.4 Å². The first-order chi connectivity index (χ1) is 20.7. The highest BCUT2D eigenvalue weighted by Crippen LogP contribution is 2.36. The third kappa shape index (κ3) is 5.38. The summed E-state index contributed by atoms with van der Waals surface area (Å²) in [4.78, 5) is 22.8. The molecule has 2 atom stereocenters. The van der Waals surface area contributed by atoms with Gasteiger partial charge in [0.05, 0.1) is 34.2 Å². The van der Waals surface area contributed by atoms with Gasteiger partial charge in [-0.15, -0.1) is 0 Å². The van der Waals surface area contributed by atoms with Crippen molar-refractivity contribution >= 4 is 22.1 Å². The van der Waals surface area contributed by atoms with Crippen molar-refractivity contribution < 1.29 is 0 Å². The van der Waals surface area contributed by atoms with Crippen LogP contribution in [0.2, 0.25) is 0 Å². The van der Waals surface area contributed by atoms with E-state index in [9.17, 15) is 0 Å². The van der Waals surface area contributed by atoms with Gasteiger partial charge in [0, 0.05) is 24.2 Å². The fraction of sp³-hybridized carbons (Fsp3) is 0.556. The second-order valence-electron chi connectivity index (χ2n) is 13.6. The van der Waals surface area contributed by atoms with E-state index in [0.29, 0.717) is 12.1 Å². The summed E-state index contributed by atoms with van der Waals surface area (Å²) in [5, 5.41) is 0. The Kier molecular flexibility index (Phi) is 7.26. The molecule has 0 spiro atoms. The van der Waals surface area contributed by atoms with Gasteiger partial charge in [-0.3, -0.25) is 9.80 Å². The zero-order chi connectivity index (χ0) is 27.9. The van der Waals surface area contributed by atoms with Gasteiger partial charge in [-0.05, 0) is 113 Å². The first-order valence-electron chi connectivity index (χ1n) is 16.7. The van der Waals surface area contributed by atoms with Crippen LogP contribution in [0.25, 0.3) is 22.1 Å². The second kappa shape index (κ2) is 11.5. The van der Waals surface area contributed by atoms with E-state index >= 15 is 0 Å². The lowest BCUT2D eigenvalue weighted by Crippen LogP contribution is -2.29. The van der Waals surface area contributed by atoms with Crippen LogP contribution >= 0.6 is 0 Å². The minimum absolute atomic E-state index is 0.428. The summed E-state index contributed by atoms with van der Waals surface area (Å²) >= 11 is 0. The van der Waals surface area contributed by atoms with E-state index in [-0.39, 0.29) is 0 Å². The molecule has 6 nitrogen and oxygen atoms in total. The van der Waals surface area contributed by atoms with Crippen LogP contribution in [-0.4, -0.2) is 55.9 Å². The van der Waals surface area contributed by atoms with Gasteiger partial charge in [-0.1, -0.05) is 37.5 Å². The SMILES string of the molecule is C(#Cc1ccc2nc([C@@H]3CCCN3CC3CCCC3)[nH]c2c1)c1ccc2nc([C@@H]3CCCN3CC3CCCC3)[nH]c2c1. The predicted octanol–water partition coefficient (Wildman–Crippen LogP) is 7.49. The maximum atomic E-state index is 5.02. The molecule has 0 radical (unpaired) electrons. The number of aromatic amines is 2. The second-order valence-corrected chi connectivity index (χ2v) is 13.6. The Hall–Kier alpha value is -3.14. The van der Waals surface area contributed by atoms with E-state index in [1.165, 1.54) is 103 Å². The van der Waals surface area contributed by atoms with E-state index in [4.69, 9.17) is 9.97 Å². The summed E-state index contributed by atoms with van der Waals surface area (Å²) < 4.78 is 0. The lowest BCUT2D eigenvalue weighted by atomic mass is 10.1. The Morgan fingerprint density at radius 1 is 0.595 bits per heavy atom. The Labute approximate surface area is 249 Å². The molecule has 2 saturated heterocycles. The molecular formula is C36H44N6. The van der Waals surface area contributed by atoms with Crippen molar-refractivity contribution in [1.29, 1.82) is 0 Å². The first kappa shape index (κ1) is 26.5. The molecule has 218 valence electrons. The Morgan fingerprint density at radius 3 is 1.50 bits per heavy atom. The molecule has 2 N–H and O–H groups in total. The molecule has 2 aromatic carbocycles. The number of nitrogens with zero attached hydrogens (tertiary/aromatic N) is 4. The molecule has 0 unspecified atom stereocenters. The average Bonchev–Trinajstić information content (AvgIpc) is 3.85. The van der Waals surface area contributed by atoms with E-state index in [0.717, 1.165) is 56.7 Å². The lowest BCUT2D eigenvalue weighted by Gasteiger charge is -2.25. The molecular weight excluding hydrogens is 516 g/mol. The van der Waals surface area contributed by atoms with E-state index in [1.54, 1.807) is 0 Å². The van der Waals surface area contributed by atoms with E-state index < -0.39 is 0 Å². The summed E-state index contributed by atoms with van der Waals surface area (Å²) in [5.41, 5.74) is 6.32. The summed E-state index contributed by atoms with van der Waals surface area (Å²) in [6.07, 6.45) is 16.2. The normalized spacial score (nSPS) is 24.4. The molecule has 4 fully saturated rings. The number of benzene rings is 2. The van der Waals surface area contributed by atoms with Crippen LogP contribution in [-0.2, 0) is 0 Å². The summed E-state index contributed by atoms with van der Waals surface area (Å²) in [5.74, 6) is 10.8. The monoisotopic (exact) mass is 560 g/mol. The molecule has 8 rings (SSSR count). The van der Waals surface area contributed by atoms with Gasteiger partial charge in [0.15, 0.2) is 0 Å². The standard InChI is InChI=1S/C36H44N6/c1-2-8-27(7-1)23-41-19-5-11-33(41)35-37-29-17-15-25(21-31(29)39-35)13-14-26-16-18-30-32(22-26)40-36(38-30)34-12-6-20-42(34)24-28-9-3-4-10-28/h15-18,21-22,27-28,33-34H,1-12,19-20,23-24H2,(H,37,39)(H,38,40)/t33-,34-/m0/s1. The van der Waals surface area contributed by atoms with Crippen LogP contribution in [0.5, 0.6) is 0 Å². The fourth-order valence-electron chi connectivity index (χ4n) is 8.43. The largest absolute Gasteiger partial charge is 0.341 e. The maximum Gasteiger partial charge on any atom is 0.124 e. The number of H-pyrrole nitrogens is 2. The van der Waals surface area contributed by atoms with Crippen LogP contribution in [0.4, 0.5) is 0 Å². The third-order valence-corrected chi connectivity index (χ3v) is 10.6. The molecule has 42 heavy (non-hydrogen) atoms. The molecule has 2 saturated carbocycles. The van der Waals surface area contributed by atoms with Gasteiger partial charge < -0.3 is 9.97 Å². The van der Waals surface area contributed by atoms with Gasteiger partial charge in [0.2, 0.25) is 0 Å². The Balaban J connectivity index is 0.977. The molecule has 4 heterocycles. The minimum atomic E-state index is 0.428. The fourth-order valence-corrected chi connectivity index (χ4v) is 8.43. The topological polar surface area (TPSA) is 63.8 Å². The number of imidazole rings is 2.